The third kappa shape index (κ3) is 3.10. The van der Waals surface area contributed by atoms with Gasteiger partial charge in [0.05, 0.1) is 23.5 Å². The van der Waals surface area contributed by atoms with E-state index in [1.807, 2.05) is 41.2 Å². The molecule has 2 unspecified atom stereocenters. The van der Waals surface area contributed by atoms with Crippen molar-refractivity contribution in [2.24, 2.45) is 0 Å². The van der Waals surface area contributed by atoms with Crippen LogP contribution in [0.3, 0.4) is 0 Å². The number of hydrogen-bond donors (Lipinski definition) is 2. The van der Waals surface area contributed by atoms with Gasteiger partial charge in [-0.1, -0.05) is 11.6 Å². The fourth-order valence-corrected chi connectivity index (χ4v) is 3.84. The Morgan fingerprint density at radius 1 is 1.14 bits per heavy atom. The molecule has 8 nitrogen and oxygen atoms in total. The number of fused-ring (bicyclic) bond motifs is 1. The summed E-state index contributed by atoms with van der Waals surface area (Å²) in [5.74, 6) is 1.52. The zero-order valence-corrected chi connectivity index (χ0v) is 16.0. The van der Waals surface area contributed by atoms with Crippen LogP contribution in [-0.4, -0.2) is 48.7 Å². The number of halogens is 1. The zero-order valence-electron chi connectivity index (χ0n) is 15.2. The summed E-state index contributed by atoms with van der Waals surface area (Å²) in [5.41, 5.74) is 2.76. The Morgan fingerprint density at radius 2 is 2.07 bits per heavy atom. The second kappa shape index (κ2) is 6.88. The molecule has 0 bridgehead atoms. The second-order valence-electron chi connectivity index (χ2n) is 7.01. The summed E-state index contributed by atoms with van der Waals surface area (Å²) in [6, 6.07) is 6.16. The number of nitrogens with one attached hydrogen (secondary N) is 2. The van der Waals surface area contributed by atoms with Gasteiger partial charge >= 0.3 is 0 Å². The van der Waals surface area contributed by atoms with Crippen molar-refractivity contribution in [3.8, 4) is 11.5 Å². The third-order valence-electron chi connectivity index (χ3n) is 4.97. The van der Waals surface area contributed by atoms with Crippen molar-refractivity contribution in [1.82, 2.24) is 34.9 Å². The molecule has 9 heteroatoms. The molecule has 1 fully saturated rings. The van der Waals surface area contributed by atoms with E-state index in [-0.39, 0.29) is 6.04 Å². The molecular formula is C19H19ClN8. The van der Waals surface area contributed by atoms with Gasteiger partial charge in [0.1, 0.15) is 17.2 Å². The van der Waals surface area contributed by atoms with Crippen LogP contribution in [0.2, 0.25) is 5.02 Å². The van der Waals surface area contributed by atoms with Gasteiger partial charge in [0.25, 0.3) is 0 Å². The predicted octanol–water partition coefficient (Wildman–Crippen LogP) is 2.71. The summed E-state index contributed by atoms with van der Waals surface area (Å²) in [6.07, 6.45) is 9.20. The highest BCUT2D eigenvalue weighted by molar-refractivity contribution is 6.30. The van der Waals surface area contributed by atoms with Gasteiger partial charge in [0.2, 0.25) is 0 Å². The molecule has 142 valence electrons. The molecule has 0 saturated carbocycles. The highest BCUT2D eigenvalue weighted by Gasteiger charge is 2.27. The maximum Gasteiger partial charge on any atom is 0.180 e. The number of H-pyrrole nitrogens is 1. The molecule has 5 rings (SSSR count). The van der Waals surface area contributed by atoms with Gasteiger partial charge in [-0.2, -0.15) is 5.10 Å². The van der Waals surface area contributed by atoms with Crippen LogP contribution >= 0.6 is 11.6 Å². The number of nitrogens with zero attached hydrogens (tertiary/aromatic N) is 6. The van der Waals surface area contributed by atoms with Gasteiger partial charge in [0, 0.05) is 43.3 Å². The van der Waals surface area contributed by atoms with Gasteiger partial charge in [-0.15, -0.1) is 0 Å². The van der Waals surface area contributed by atoms with E-state index in [1.54, 1.807) is 12.4 Å². The Kier molecular flexibility index (Phi) is 4.22. The summed E-state index contributed by atoms with van der Waals surface area (Å²) in [7, 11) is 0. The third-order valence-corrected chi connectivity index (χ3v) is 5.19. The molecule has 4 aromatic heterocycles. The van der Waals surface area contributed by atoms with Crippen LogP contribution in [0.25, 0.3) is 17.2 Å². The standard InChI is InChI=1S/C19H19ClN8/c1-12-9-27(11-15(25-12)13-6-23-24-7-13)18-4-5-21-19(26-18)16-8-22-17-3-2-14(20)10-28(16)17/h2-8,10,12,15,25H,9,11H2,1H3,(H,23,24). The quantitative estimate of drug-likeness (QED) is 0.555. The number of rotatable bonds is 3. The smallest absolute Gasteiger partial charge is 0.180 e. The van der Waals surface area contributed by atoms with Crippen LogP contribution in [0.1, 0.15) is 18.5 Å². The highest BCUT2D eigenvalue weighted by atomic mass is 35.5. The molecule has 28 heavy (non-hydrogen) atoms. The van der Waals surface area contributed by atoms with E-state index < -0.39 is 0 Å². The van der Waals surface area contributed by atoms with Gasteiger partial charge in [-0.3, -0.25) is 9.50 Å². The van der Waals surface area contributed by atoms with Crippen molar-refractivity contribution >= 4 is 23.1 Å². The van der Waals surface area contributed by atoms with Gasteiger partial charge in [-0.05, 0) is 25.1 Å². The maximum absolute atomic E-state index is 6.16. The van der Waals surface area contributed by atoms with E-state index >= 15 is 0 Å². The monoisotopic (exact) mass is 394 g/mol. The fourth-order valence-electron chi connectivity index (χ4n) is 3.68. The van der Waals surface area contributed by atoms with Crippen LogP contribution in [0.4, 0.5) is 5.82 Å². The molecule has 0 amide bonds. The molecule has 1 aliphatic rings. The Hall–Kier alpha value is -2.97. The van der Waals surface area contributed by atoms with Crippen LogP contribution in [0.5, 0.6) is 0 Å². The first kappa shape index (κ1) is 17.2. The van der Waals surface area contributed by atoms with Crippen molar-refractivity contribution in [1.29, 1.82) is 0 Å². The number of pyridine rings is 1. The first-order valence-corrected chi connectivity index (χ1v) is 9.51. The summed E-state index contributed by atoms with van der Waals surface area (Å²) in [4.78, 5) is 16.0. The first-order chi connectivity index (χ1) is 13.7. The molecule has 0 radical (unpaired) electrons. The van der Waals surface area contributed by atoms with E-state index in [0.29, 0.717) is 16.9 Å². The summed E-state index contributed by atoms with van der Waals surface area (Å²) in [5, 5.41) is 11.2. The van der Waals surface area contributed by atoms with Crippen molar-refractivity contribution < 1.29 is 0 Å². The normalized spacial score (nSPS) is 20.0. The number of hydrogen-bond acceptors (Lipinski definition) is 6. The van der Waals surface area contributed by atoms with E-state index in [1.165, 1.54) is 0 Å². The lowest BCUT2D eigenvalue weighted by atomic mass is 10.1. The lowest BCUT2D eigenvalue weighted by molar-refractivity contribution is 0.394. The molecule has 0 spiro atoms. The predicted molar refractivity (Wildman–Crippen MR) is 107 cm³/mol. The van der Waals surface area contributed by atoms with E-state index in [9.17, 15) is 0 Å². The van der Waals surface area contributed by atoms with Crippen molar-refractivity contribution in [3.63, 3.8) is 0 Å². The van der Waals surface area contributed by atoms with Crippen LogP contribution < -0.4 is 10.2 Å². The Balaban J connectivity index is 1.49. The number of aromatic nitrogens is 6. The van der Waals surface area contributed by atoms with Crippen LogP contribution in [-0.2, 0) is 0 Å². The largest absolute Gasteiger partial charge is 0.353 e. The fraction of sp³-hybridized carbons (Fsp3) is 0.263. The minimum absolute atomic E-state index is 0.190. The zero-order chi connectivity index (χ0) is 19.1. The summed E-state index contributed by atoms with van der Waals surface area (Å²) >= 11 is 6.16. The lowest BCUT2D eigenvalue weighted by Crippen LogP contribution is -2.51. The molecule has 4 aromatic rings. The molecule has 1 saturated heterocycles. The second-order valence-corrected chi connectivity index (χ2v) is 7.45. The topological polar surface area (TPSA) is 87.0 Å². The number of imidazole rings is 1. The molecule has 2 atom stereocenters. The van der Waals surface area contributed by atoms with Gasteiger partial charge in [0.15, 0.2) is 5.82 Å². The SMILES string of the molecule is CC1CN(c2ccnc(-c3cnc4ccc(Cl)cn34)n2)CC(c2cn[nH]c2)N1. The summed E-state index contributed by atoms with van der Waals surface area (Å²) in [6.45, 7) is 3.84. The molecule has 5 heterocycles. The minimum Gasteiger partial charge on any atom is -0.353 e. The average Bonchev–Trinajstić information content (AvgIpc) is 3.37. The average molecular weight is 395 g/mol. The first-order valence-electron chi connectivity index (χ1n) is 9.13. The number of anilines is 1. The summed E-state index contributed by atoms with van der Waals surface area (Å²) < 4.78 is 1.91. The van der Waals surface area contributed by atoms with E-state index in [0.717, 1.165) is 35.8 Å². The molecule has 2 N–H and O–H groups in total. The Morgan fingerprint density at radius 3 is 2.93 bits per heavy atom. The number of piperazine rings is 1. The maximum atomic E-state index is 6.16. The molecular weight excluding hydrogens is 376 g/mol. The van der Waals surface area contributed by atoms with Crippen molar-refractivity contribution in [3.05, 3.63) is 59.8 Å². The highest BCUT2D eigenvalue weighted by Crippen LogP contribution is 2.25. The van der Waals surface area contributed by atoms with Gasteiger partial charge < -0.3 is 10.2 Å². The van der Waals surface area contributed by atoms with Crippen LogP contribution in [0, 0.1) is 0 Å². The van der Waals surface area contributed by atoms with E-state index in [4.69, 9.17) is 16.6 Å². The van der Waals surface area contributed by atoms with Crippen molar-refractivity contribution in [2.45, 2.75) is 19.0 Å². The Labute approximate surface area is 166 Å². The van der Waals surface area contributed by atoms with E-state index in [2.05, 4.69) is 37.3 Å². The minimum atomic E-state index is 0.190. The van der Waals surface area contributed by atoms with Crippen molar-refractivity contribution in [2.75, 3.05) is 18.0 Å². The lowest BCUT2D eigenvalue weighted by Gasteiger charge is -2.38. The van der Waals surface area contributed by atoms with Gasteiger partial charge in [-0.25, -0.2) is 15.0 Å². The molecule has 0 aromatic carbocycles. The Bertz CT molecular complexity index is 1110. The molecule has 1 aliphatic heterocycles. The molecule has 0 aliphatic carbocycles. The number of aromatic amines is 1. The van der Waals surface area contributed by atoms with Crippen LogP contribution in [0.15, 0.2) is 49.2 Å².